The van der Waals surface area contributed by atoms with Gasteiger partial charge in [-0.1, -0.05) is 61.9 Å². The van der Waals surface area contributed by atoms with E-state index >= 15 is 0 Å². The van der Waals surface area contributed by atoms with Crippen molar-refractivity contribution in [2.45, 2.75) is 45.1 Å². The molecule has 3 rings (SSSR count). The molecule has 136 valence electrons. The average Bonchev–Trinajstić information content (AvgIpc) is 2.69. The Morgan fingerprint density at radius 2 is 1.65 bits per heavy atom. The number of allylic oxidation sites excluding steroid dienone is 1. The van der Waals surface area contributed by atoms with Crippen LogP contribution in [0.4, 0.5) is 0 Å². The van der Waals surface area contributed by atoms with Gasteiger partial charge in [-0.25, -0.2) is 0 Å². The van der Waals surface area contributed by atoms with Crippen LogP contribution in [-0.4, -0.2) is 11.2 Å². The SMILES string of the molecule is CCC1CCC(OC(C=Cc2ccc(O)cc2)=Cc2ccccc2)CC1. The van der Waals surface area contributed by atoms with Gasteiger partial charge >= 0.3 is 0 Å². The van der Waals surface area contributed by atoms with Gasteiger partial charge in [-0.15, -0.1) is 0 Å². The molecule has 0 aliphatic heterocycles. The molecular weight excluding hydrogens is 320 g/mol. The number of phenolic OH excluding ortho intramolecular Hbond substituents is 1. The lowest BCUT2D eigenvalue weighted by atomic mass is 9.86. The summed E-state index contributed by atoms with van der Waals surface area (Å²) in [7, 11) is 0. The van der Waals surface area contributed by atoms with Crippen LogP contribution in [0.1, 0.15) is 50.2 Å². The highest BCUT2D eigenvalue weighted by molar-refractivity contribution is 5.60. The molecule has 2 aromatic carbocycles. The standard InChI is InChI=1S/C24H28O2/c1-2-19-10-15-23(16-11-19)26-24(18-21-6-4-3-5-7-21)17-12-20-8-13-22(25)14-9-20/h3-9,12-14,17-19,23,25H,2,10-11,15-16H2,1H3. The molecule has 1 aliphatic rings. The lowest BCUT2D eigenvalue weighted by Crippen LogP contribution is -2.20. The second-order valence-corrected chi connectivity index (χ2v) is 7.05. The Labute approximate surface area is 156 Å². The third-order valence-corrected chi connectivity index (χ3v) is 5.12. The first-order valence-electron chi connectivity index (χ1n) is 9.63. The number of hydrogen-bond donors (Lipinski definition) is 1. The summed E-state index contributed by atoms with van der Waals surface area (Å²) in [5, 5.41) is 9.43. The van der Waals surface area contributed by atoms with Gasteiger partial charge in [0.05, 0.1) is 6.10 Å². The molecule has 26 heavy (non-hydrogen) atoms. The molecule has 2 nitrogen and oxygen atoms in total. The third kappa shape index (κ3) is 5.52. The second kappa shape index (κ2) is 9.28. The normalized spacial score (nSPS) is 21.0. The minimum atomic E-state index is 0.283. The first kappa shape index (κ1) is 18.3. The maximum Gasteiger partial charge on any atom is 0.120 e. The fraction of sp³-hybridized carbons (Fsp3) is 0.333. The van der Waals surface area contributed by atoms with Gasteiger partial charge < -0.3 is 9.84 Å². The van der Waals surface area contributed by atoms with Crippen molar-refractivity contribution in [3.8, 4) is 5.75 Å². The molecule has 2 aromatic rings. The van der Waals surface area contributed by atoms with Gasteiger partial charge in [0.25, 0.3) is 0 Å². The molecule has 0 spiro atoms. The van der Waals surface area contributed by atoms with Crippen LogP contribution in [0, 0.1) is 5.92 Å². The summed E-state index contributed by atoms with van der Waals surface area (Å²) in [5.74, 6) is 2.04. The molecule has 2 heteroatoms. The predicted octanol–water partition coefficient (Wildman–Crippen LogP) is 6.43. The van der Waals surface area contributed by atoms with Gasteiger partial charge in [-0.05, 0) is 67.0 Å². The first-order chi connectivity index (χ1) is 12.7. The lowest BCUT2D eigenvalue weighted by Gasteiger charge is -2.28. The topological polar surface area (TPSA) is 29.5 Å². The molecule has 1 saturated carbocycles. The van der Waals surface area contributed by atoms with Gasteiger partial charge in [-0.3, -0.25) is 0 Å². The summed E-state index contributed by atoms with van der Waals surface area (Å²) in [5.41, 5.74) is 2.18. The smallest absolute Gasteiger partial charge is 0.120 e. The Kier molecular flexibility index (Phi) is 6.54. The molecular formula is C24H28O2. The monoisotopic (exact) mass is 348 g/mol. The highest BCUT2D eigenvalue weighted by Crippen LogP contribution is 2.30. The van der Waals surface area contributed by atoms with Gasteiger partial charge in [0.1, 0.15) is 11.5 Å². The van der Waals surface area contributed by atoms with Gasteiger partial charge in [0.2, 0.25) is 0 Å². The number of phenols is 1. The van der Waals surface area contributed by atoms with E-state index in [0.29, 0.717) is 6.10 Å². The van der Waals surface area contributed by atoms with Crippen LogP contribution >= 0.6 is 0 Å². The van der Waals surface area contributed by atoms with Crippen molar-refractivity contribution in [3.63, 3.8) is 0 Å². The minimum Gasteiger partial charge on any atom is -0.508 e. The second-order valence-electron chi connectivity index (χ2n) is 7.05. The lowest BCUT2D eigenvalue weighted by molar-refractivity contribution is 0.0752. The largest absolute Gasteiger partial charge is 0.508 e. The van der Waals surface area contributed by atoms with Gasteiger partial charge in [0.15, 0.2) is 0 Å². The molecule has 1 fully saturated rings. The van der Waals surface area contributed by atoms with Crippen molar-refractivity contribution in [3.05, 3.63) is 77.6 Å². The fourth-order valence-corrected chi connectivity index (χ4v) is 3.45. The van der Waals surface area contributed by atoms with Gasteiger partial charge in [0, 0.05) is 0 Å². The zero-order chi connectivity index (χ0) is 18.2. The van der Waals surface area contributed by atoms with Crippen molar-refractivity contribution < 1.29 is 9.84 Å². The number of aromatic hydroxyl groups is 1. The van der Waals surface area contributed by atoms with E-state index in [0.717, 1.165) is 35.6 Å². The molecule has 1 N–H and O–H groups in total. The molecule has 0 radical (unpaired) electrons. The quantitative estimate of drug-likeness (QED) is 0.481. The van der Waals surface area contributed by atoms with Crippen LogP contribution in [0.5, 0.6) is 5.75 Å². The Hall–Kier alpha value is -2.48. The van der Waals surface area contributed by atoms with E-state index in [9.17, 15) is 5.11 Å². The van der Waals surface area contributed by atoms with E-state index < -0.39 is 0 Å². The summed E-state index contributed by atoms with van der Waals surface area (Å²) >= 11 is 0. The Morgan fingerprint density at radius 1 is 0.962 bits per heavy atom. The summed E-state index contributed by atoms with van der Waals surface area (Å²) in [6.07, 6.45) is 12.6. The maximum absolute atomic E-state index is 9.43. The molecule has 0 amide bonds. The first-order valence-corrected chi connectivity index (χ1v) is 9.63. The van der Waals surface area contributed by atoms with Crippen LogP contribution in [0.25, 0.3) is 12.2 Å². The molecule has 0 bridgehead atoms. The average molecular weight is 348 g/mol. The van der Waals surface area contributed by atoms with Crippen LogP contribution < -0.4 is 0 Å². The van der Waals surface area contributed by atoms with Crippen LogP contribution in [-0.2, 0) is 4.74 Å². The predicted molar refractivity (Wildman–Crippen MR) is 109 cm³/mol. The Morgan fingerprint density at radius 3 is 2.31 bits per heavy atom. The van der Waals surface area contributed by atoms with E-state index in [-0.39, 0.29) is 5.75 Å². The highest BCUT2D eigenvalue weighted by Gasteiger charge is 2.21. The maximum atomic E-state index is 9.43. The van der Waals surface area contributed by atoms with E-state index in [1.807, 2.05) is 42.5 Å². The number of benzene rings is 2. The number of rotatable bonds is 6. The van der Waals surface area contributed by atoms with Crippen LogP contribution in [0.15, 0.2) is 66.4 Å². The highest BCUT2D eigenvalue weighted by atomic mass is 16.5. The number of hydrogen-bond acceptors (Lipinski definition) is 2. The molecule has 0 aromatic heterocycles. The van der Waals surface area contributed by atoms with Crippen molar-refractivity contribution in [2.24, 2.45) is 5.92 Å². The summed E-state index contributed by atoms with van der Waals surface area (Å²) in [6.45, 7) is 2.28. The van der Waals surface area contributed by atoms with Crippen LogP contribution in [0.2, 0.25) is 0 Å². The van der Waals surface area contributed by atoms with E-state index in [2.05, 4.69) is 25.1 Å². The Bertz CT molecular complexity index is 721. The molecule has 0 heterocycles. The molecule has 0 atom stereocenters. The van der Waals surface area contributed by atoms with Crippen molar-refractivity contribution in [2.75, 3.05) is 0 Å². The zero-order valence-electron chi connectivity index (χ0n) is 15.5. The summed E-state index contributed by atoms with van der Waals surface area (Å²) in [6, 6.07) is 17.5. The third-order valence-electron chi connectivity index (χ3n) is 5.12. The summed E-state index contributed by atoms with van der Waals surface area (Å²) in [4.78, 5) is 0. The van der Waals surface area contributed by atoms with Crippen molar-refractivity contribution >= 4 is 12.2 Å². The van der Waals surface area contributed by atoms with Crippen molar-refractivity contribution in [1.29, 1.82) is 0 Å². The van der Waals surface area contributed by atoms with Crippen LogP contribution in [0.3, 0.4) is 0 Å². The Balaban J connectivity index is 1.73. The van der Waals surface area contributed by atoms with E-state index in [4.69, 9.17) is 4.74 Å². The zero-order valence-corrected chi connectivity index (χ0v) is 15.5. The van der Waals surface area contributed by atoms with Gasteiger partial charge in [-0.2, -0.15) is 0 Å². The van der Waals surface area contributed by atoms with Crippen molar-refractivity contribution in [1.82, 2.24) is 0 Å². The van der Waals surface area contributed by atoms with E-state index in [1.54, 1.807) is 12.1 Å². The fourth-order valence-electron chi connectivity index (χ4n) is 3.45. The summed E-state index contributed by atoms with van der Waals surface area (Å²) < 4.78 is 6.36. The molecule has 1 aliphatic carbocycles. The number of ether oxygens (including phenoxy) is 1. The molecule has 0 unspecified atom stereocenters. The minimum absolute atomic E-state index is 0.283. The van der Waals surface area contributed by atoms with E-state index in [1.165, 1.54) is 19.3 Å². The molecule has 0 saturated heterocycles.